The number of hydrogen-bond donors (Lipinski definition) is 0. The molecule has 13 heteroatoms. The third-order valence-corrected chi connectivity index (χ3v) is 5.94. The summed E-state index contributed by atoms with van der Waals surface area (Å²) in [5.74, 6) is -11.6. The van der Waals surface area contributed by atoms with Crippen molar-refractivity contribution in [1.29, 1.82) is 0 Å². The Balaban J connectivity index is 1.60. The average molecular weight is 606 g/mol. The summed E-state index contributed by atoms with van der Waals surface area (Å²) in [6.07, 6.45) is -9.74. The van der Waals surface area contributed by atoms with Crippen molar-refractivity contribution < 1.29 is 57.4 Å². The normalized spacial score (nSPS) is 12.8. The summed E-state index contributed by atoms with van der Waals surface area (Å²) in [6.45, 7) is 0.737. The average Bonchev–Trinajstić information content (AvgIpc) is 2.86. The van der Waals surface area contributed by atoms with Gasteiger partial charge in [0.05, 0.1) is 5.56 Å². The fraction of sp³-hybridized carbons (Fsp3) is 0.103. The zero-order valence-corrected chi connectivity index (χ0v) is 20.8. The van der Waals surface area contributed by atoms with Gasteiger partial charge in [-0.05, 0) is 60.5 Å². The quantitative estimate of drug-likeness (QED) is 0.199. The van der Waals surface area contributed by atoms with Gasteiger partial charge in [-0.15, -0.1) is 0 Å². The Kier molecular flexibility index (Phi) is 8.07. The van der Waals surface area contributed by atoms with Crippen LogP contribution in [-0.4, -0.2) is 0 Å². The second kappa shape index (κ2) is 11.1. The summed E-state index contributed by atoms with van der Waals surface area (Å²) in [6, 6.07) is 6.89. The minimum atomic E-state index is -5.34. The van der Waals surface area contributed by atoms with Crippen molar-refractivity contribution in [3.63, 3.8) is 0 Å². The van der Waals surface area contributed by atoms with Crippen molar-refractivity contribution in [3.05, 3.63) is 118 Å². The van der Waals surface area contributed by atoms with Crippen LogP contribution in [0, 0.1) is 29.1 Å². The van der Waals surface area contributed by atoms with Crippen LogP contribution in [-0.2, 0) is 12.3 Å². The molecule has 0 aliphatic rings. The van der Waals surface area contributed by atoms with Crippen LogP contribution < -0.4 is 4.74 Å². The highest BCUT2D eigenvalue weighted by Gasteiger charge is 2.39. The molecule has 0 N–H and O–H groups in total. The first kappa shape index (κ1) is 30.5. The molecule has 0 spiro atoms. The van der Waals surface area contributed by atoms with Gasteiger partial charge in [0.15, 0.2) is 5.83 Å². The van der Waals surface area contributed by atoms with Crippen molar-refractivity contribution in [3.8, 4) is 28.0 Å². The van der Waals surface area contributed by atoms with Crippen molar-refractivity contribution in [2.45, 2.75) is 19.2 Å². The topological polar surface area (TPSA) is 9.23 Å². The highest BCUT2D eigenvalue weighted by molar-refractivity contribution is 5.72. The first-order valence-electron chi connectivity index (χ1n) is 11.5. The van der Waals surface area contributed by atoms with Gasteiger partial charge in [-0.25, -0.2) is 30.7 Å². The lowest BCUT2D eigenvalue weighted by Crippen LogP contribution is -2.23. The molecule has 1 nitrogen and oxygen atoms in total. The number of halogens is 12. The minimum Gasteiger partial charge on any atom is -0.429 e. The van der Waals surface area contributed by atoms with E-state index in [4.69, 9.17) is 0 Å². The van der Waals surface area contributed by atoms with Gasteiger partial charge >= 0.3 is 12.3 Å². The lowest BCUT2D eigenvalue weighted by atomic mass is 9.98. The Bertz CT molecular complexity index is 1680. The van der Waals surface area contributed by atoms with Crippen LogP contribution in [0.25, 0.3) is 28.1 Å². The number of allylic oxidation sites excluding steroid dienone is 1. The molecule has 4 rings (SSSR count). The predicted molar refractivity (Wildman–Crippen MR) is 128 cm³/mol. The lowest BCUT2D eigenvalue weighted by Gasteiger charge is -2.19. The largest absolute Gasteiger partial charge is 0.429 e. The van der Waals surface area contributed by atoms with Gasteiger partial charge in [-0.3, -0.25) is 0 Å². The summed E-state index contributed by atoms with van der Waals surface area (Å²) in [7, 11) is 0. The third-order valence-electron chi connectivity index (χ3n) is 5.94. The second-order valence-electron chi connectivity index (χ2n) is 8.81. The van der Waals surface area contributed by atoms with E-state index in [0.29, 0.717) is 30.3 Å². The van der Waals surface area contributed by atoms with Crippen LogP contribution >= 0.6 is 0 Å². The molecule has 0 aromatic heterocycles. The summed E-state index contributed by atoms with van der Waals surface area (Å²) in [5.41, 5.74) is -5.82. The molecule has 0 aliphatic carbocycles. The number of ether oxygens (including phenoxy) is 1. The van der Waals surface area contributed by atoms with E-state index in [-0.39, 0.29) is 23.3 Å². The predicted octanol–water partition coefficient (Wildman–Crippen LogP) is 10.5. The molecule has 0 amide bonds. The molecule has 0 saturated carbocycles. The van der Waals surface area contributed by atoms with Gasteiger partial charge < -0.3 is 4.74 Å². The zero-order valence-electron chi connectivity index (χ0n) is 20.8. The summed E-state index contributed by atoms with van der Waals surface area (Å²) < 4.78 is 171. The van der Waals surface area contributed by atoms with Gasteiger partial charge in [-0.1, -0.05) is 18.2 Å². The van der Waals surface area contributed by atoms with E-state index in [1.807, 2.05) is 0 Å². The lowest BCUT2D eigenvalue weighted by molar-refractivity contribution is -0.187. The Morgan fingerprint density at radius 1 is 0.595 bits per heavy atom. The SMILES string of the molecule is C/C(F)=C(\F)c1ccc(C(F)(F)Oc2ccc(-c3ccc(-c4cc(F)c(C(F)(F)F)c(F)c4)c(F)c3)c(F)c2)c(F)c1. The van der Waals surface area contributed by atoms with Gasteiger partial charge in [0.25, 0.3) is 0 Å². The molecule has 4 aromatic rings. The van der Waals surface area contributed by atoms with Gasteiger partial charge in [0, 0.05) is 22.8 Å². The van der Waals surface area contributed by atoms with E-state index in [9.17, 15) is 52.7 Å². The maximum atomic E-state index is 14.8. The Morgan fingerprint density at radius 2 is 1.14 bits per heavy atom. The fourth-order valence-electron chi connectivity index (χ4n) is 4.00. The number of rotatable bonds is 6. The van der Waals surface area contributed by atoms with Crippen LogP contribution in [0.1, 0.15) is 23.6 Å². The summed E-state index contributed by atoms with van der Waals surface area (Å²) >= 11 is 0. The second-order valence-corrected chi connectivity index (χ2v) is 8.81. The van der Waals surface area contributed by atoms with E-state index < -0.39 is 86.6 Å². The molecule has 0 fully saturated rings. The Labute approximate surface area is 229 Å². The fourth-order valence-corrected chi connectivity index (χ4v) is 4.00. The van der Waals surface area contributed by atoms with Crippen molar-refractivity contribution in [2.75, 3.05) is 0 Å². The maximum absolute atomic E-state index is 14.8. The van der Waals surface area contributed by atoms with Crippen molar-refractivity contribution in [1.82, 2.24) is 0 Å². The van der Waals surface area contributed by atoms with E-state index in [0.717, 1.165) is 31.2 Å². The van der Waals surface area contributed by atoms with Crippen molar-refractivity contribution in [2.24, 2.45) is 0 Å². The molecule has 0 saturated heterocycles. The third kappa shape index (κ3) is 6.09. The van der Waals surface area contributed by atoms with Crippen LogP contribution in [0.3, 0.4) is 0 Å². The van der Waals surface area contributed by atoms with Gasteiger partial charge in [-0.2, -0.15) is 22.0 Å². The van der Waals surface area contributed by atoms with E-state index in [2.05, 4.69) is 4.74 Å². The summed E-state index contributed by atoms with van der Waals surface area (Å²) in [5, 5.41) is 0. The molecule has 0 aliphatic heterocycles. The summed E-state index contributed by atoms with van der Waals surface area (Å²) in [4.78, 5) is 0. The molecular weight excluding hydrogens is 592 g/mol. The van der Waals surface area contributed by atoms with E-state index in [1.54, 1.807) is 0 Å². The molecule has 4 aromatic carbocycles. The first-order chi connectivity index (χ1) is 19.5. The van der Waals surface area contributed by atoms with Crippen molar-refractivity contribution >= 4 is 5.83 Å². The molecule has 220 valence electrons. The van der Waals surface area contributed by atoms with Crippen LogP contribution in [0.5, 0.6) is 5.75 Å². The first-order valence-corrected chi connectivity index (χ1v) is 11.5. The number of benzene rings is 4. The number of hydrogen-bond acceptors (Lipinski definition) is 1. The standard InChI is InChI=1S/C29H14F12O/c1-13(30)27(36)15-3-7-20(23(33)9-15)29(40,41)42-17-4-6-18(22(32)12-17)14-2-5-19(21(31)8-14)16-10-24(34)26(25(35)11-16)28(37,38)39/h2-12H,1H3/b27-13+. The molecule has 0 radical (unpaired) electrons. The van der Waals surface area contributed by atoms with E-state index in [1.165, 1.54) is 0 Å². The van der Waals surface area contributed by atoms with Crippen LogP contribution in [0.2, 0.25) is 0 Å². The van der Waals surface area contributed by atoms with Gasteiger partial charge in [0.1, 0.15) is 46.2 Å². The Hall–Kier alpha value is -4.42. The zero-order chi connectivity index (χ0) is 31.1. The monoisotopic (exact) mass is 606 g/mol. The number of alkyl halides is 5. The molecule has 0 bridgehead atoms. The van der Waals surface area contributed by atoms with Crippen LogP contribution in [0.15, 0.2) is 72.6 Å². The molecule has 0 atom stereocenters. The van der Waals surface area contributed by atoms with Gasteiger partial charge in [0.2, 0.25) is 0 Å². The minimum absolute atomic E-state index is 0.195. The highest BCUT2D eigenvalue weighted by atomic mass is 19.4. The Morgan fingerprint density at radius 3 is 1.67 bits per heavy atom. The molecule has 0 heterocycles. The molecular formula is C29H14F12O. The highest BCUT2D eigenvalue weighted by Crippen LogP contribution is 2.39. The molecule has 0 unspecified atom stereocenters. The maximum Gasteiger partial charge on any atom is 0.429 e. The molecule has 42 heavy (non-hydrogen) atoms. The van der Waals surface area contributed by atoms with E-state index >= 15 is 0 Å². The van der Waals surface area contributed by atoms with Crippen LogP contribution in [0.4, 0.5) is 52.7 Å². The smallest absolute Gasteiger partial charge is 0.429 e.